The maximum atomic E-state index is 12.4. The SMILES string of the molecule is Cc1nc2nc(N)nc(N)c2c(C)c1CNc1ccc(C(=O)N[C@H](CCC(=O)O)C(=O)O)cc1. The summed E-state index contributed by atoms with van der Waals surface area (Å²) in [6.45, 7) is 4.18. The molecular formula is C22H25N7O5. The van der Waals surface area contributed by atoms with Crippen molar-refractivity contribution in [3.05, 3.63) is 46.6 Å². The molecule has 0 fully saturated rings. The van der Waals surface area contributed by atoms with Crippen molar-refractivity contribution in [1.82, 2.24) is 20.3 Å². The molecule has 0 radical (unpaired) electrons. The number of fused-ring (bicyclic) bond motifs is 1. The number of aromatic nitrogens is 3. The zero-order chi connectivity index (χ0) is 25.0. The van der Waals surface area contributed by atoms with Gasteiger partial charge in [0.05, 0.1) is 5.39 Å². The fourth-order valence-electron chi connectivity index (χ4n) is 3.53. The van der Waals surface area contributed by atoms with Crippen LogP contribution in [0.4, 0.5) is 17.5 Å². The van der Waals surface area contributed by atoms with E-state index < -0.39 is 23.9 Å². The normalized spacial score (nSPS) is 11.7. The molecule has 34 heavy (non-hydrogen) atoms. The first-order valence-corrected chi connectivity index (χ1v) is 10.3. The molecule has 1 aromatic carbocycles. The number of carbonyl (C=O) groups excluding carboxylic acids is 1. The Morgan fingerprint density at radius 1 is 1.03 bits per heavy atom. The zero-order valence-electron chi connectivity index (χ0n) is 18.6. The minimum absolute atomic E-state index is 0.0582. The number of aryl methyl sites for hydroxylation is 2. The third-order valence-corrected chi connectivity index (χ3v) is 5.34. The number of carbonyl (C=O) groups is 3. The Kier molecular flexibility index (Phi) is 7.09. The standard InChI is InChI=1S/C22H25N7O5/c1-10-14(11(2)26-19-17(10)18(23)28-22(24)29-19)9-25-13-5-3-12(4-6-13)20(32)27-15(21(33)34)7-8-16(30)31/h3-6,15,25H,7-9H2,1-2H3,(H,27,32)(H,30,31)(H,33,34)(H4,23,24,26,28,29)/t15-/m1/s1. The van der Waals surface area contributed by atoms with Gasteiger partial charge in [0.15, 0.2) is 5.65 Å². The fraction of sp³-hybridized carbons (Fsp3) is 0.273. The maximum absolute atomic E-state index is 12.4. The first-order valence-electron chi connectivity index (χ1n) is 10.3. The van der Waals surface area contributed by atoms with Crippen LogP contribution in [0.2, 0.25) is 0 Å². The Balaban J connectivity index is 1.70. The molecule has 1 atom stereocenters. The number of pyridine rings is 1. The number of anilines is 3. The van der Waals surface area contributed by atoms with Gasteiger partial charge in [-0.15, -0.1) is 0 Å². The van der Waals surface area contributed by atoms with Crippen molar-refractivity contribution >= 4 is 46.3 Å². The van der Waals surface area contributed by atoms with Gasteiger partial charge >= 0.3 is 11.9 Å². The van der Waals surface area contributed by atoms with E-state index in [4.69, 9.17) is 16.6 Å². The number of hydrogen-bond acceptors (Lipinski definition) is 9. The summed E-state index contributed by atoms with van der Waals surface area (Å²) in [6.07, 6.45) is -0.579. The molecule has 0 aliphatic carbocycles. The molecule has 8 N–H and O–H groups in total. The Labute approximate surface area is 194 Å². The summed E-state index contributed by atoms with van der Waals surface area (Å²) in [5, 5.41) is 24.2. The lowest BCUT2D eigenvalue weighted by Gasteiger charge is -2.15. The van der Waals surface area contributed by atoms with Crippen LogP contribution in [-0.2, 0) is 16.1 Å². The van der Waals surface area contributed by atoms with Crippen molar-refractivity contribution < 1.29 is 24.6 Å². The predicted octanol–water partition coefficient (Wildman–Crippen LogP) is 1.47. The number of carboxylic acid groups (broad SMARTS) is 2. The minimum atomic E-state index is -1.30. The second-order valence-electron chi connectivity index (χ2n) is 7.69. The maximum Gasteiger partial charge on any atom is 0.326 e. The molecule has 0 saturated heterocycles. The topological polar surface area (TPSA) is 206 Å². The number of nitrogen functional groups attached to an aromatic ring is 2. The van der Waals surface area contributed by atoms with Crippen LogP contribution in [0.15, 0.2) is 24.3 Å². The van der Waals surface area contributed by atoms with Crippen LogP contribution in [0.3, 0.4) is 0 Å². The van der Waals surface area contributed by atoms with Crippen LogP contribution in [0.5, 0.6) is 0 Å². The number of nitrogens with two attached hydrogens (primary N) is 2. The van der Waals surface area contributed by atoms with Crippen LogP contribution in [-0.4, -0.2) is 49.1 Å². The summed E-state index contributed by atoms with van der Waals surface area (Å²) in [5.74, 6) is -2.72. The minimum Gasteiger partial charge on any atom is -0.481 e. The van der Waals surface area contributed by atoms with E-state index in [-0.39, 0.29) is 30.2 Å². The van der Waals surface area contributed by atoms with Gasteiger partial charge < -0.3 is 32.3 Å². The Morgan fingerprint density at radius 2 is 1.71 bits per heavy atom. The van der Waals surface area contributed by atoms with Crippen LogP contribution in [0, 0.1) is 13.8 Å². The van der Waals surface area contributed by atoms with Gasteiger partial charge in [0, 0.05) is 29.9 Å². The third kappa shape index (κ3) is 5.46. The first kappa shape index (κ1) is 24.2. The number of hydrogen-bond donors (Lipinski definition) is 6. The highest BCUT2D eigenvalue weighted by molar-refractivity contribution is 5.97. The van der Waals surface area contributed by atoms with Crippen molar-refractivity contribution in [2.75, 3.05) is 16.8 Å². The second kappa shape index (κ2) is 9.98. The molecule has 3 rings (SSSR count). The lowest BCUT2D eigenvalue weighted by Crippen LogP contribution is -2.41. The van der Waals surface area contributed by atoms with Gasteiger partial charge in [-0.2, -0.15) is 9.97 Å². The van der Waals surface area contributed by atoms with E-state index in [1.165, 1.54) is 0 Å². The first-order chi connectivity index (χ1) is 16.1. The van der Waals surface area contributed by atoms with Crippen LogP contribution >= 0.6 is 0 Å². The van der Waals surface area contributed by atoms with Crippen molar-refractivity contribution in [3.63, 3.8) is 0 Å². The molecule has 12 heteroatoms. The van der Waals surface area contributed by atoms with E-state index in [2.05, 4.69) is 25.6 Å². The average Bonchev–Trinajstić information content (AvgIpc) is 2.75. The lowest BCUT2D eigenvalue weighted by molar-refractivity contribution is -0.140. The summed E-state index contributed by atoms with van der Waals surface area (Å²) < 4.78 is 0. The second-order valence-corrected chi connectivity index (χ2v) is 7.69. The molecule has 3 aromatic rings. The van der Waals surface area contributed by atoms with Gasteiger partial charge in [-0.3, -0.25) is 9.59 Å². The van der Waals surface area contributed by atoms with E-state index in [1.807, 2.05) is 13.8 Å². The summed E-state index contributed by atoms with van der Waals surface area (Å²) in [7, 11) is 0. The number of nitrogens with one attached hydrogen (secondary N) is 2. The fourth-order valence-corrected chi connectivity index (χ4v) is 3.53. The number of benzene rings is 1. The van der Waals surface area contributed by atoms with E-state index in [1.54, 1.807) is 24.3 Å². The van der Waals surface area contributed by atoms with Gasteiger partial charge in [0.1, 0.15) is 11.9 Å². The number of rotatable bonds is 9. The molecule has 2 aromatic heterocycles. The molecule has 0 unspecified atom stereocenters. The monoisotopic (exact) mass is 467 g/mol. The third-order valence-electron chi connectivity index (χ3n) is 5.34. The van der Waals surface area contributed by atoms with Gasteiger partial charge in [0.2, 0.25) is 5.95 Å². The molecule has 0 spiro atoms. The Bertz CT molecular complexity index is 1260. The van der Waals surface area contributed by atoms with Crippen LogP contribution in [0.1, 0.15) is 40.0 Å². The molecule has 0 bridgehead atoms. The van der Waals surface area contributed by atoms with Gasteiger partial charge in [-0.05, 0) is 55.7 Å². The molecule has 1 amide bonds. The van der Waals surface area contributed by atoms with Gasteiger partial charge in [0.25, 0.3) is 5.91 Å². The van der Waals surface area contributed by atoms with Gasteiger partial charge in [-0.1, -0.05) is 0 Å². The van der Waals surface area contributed by atoms with E-state index in [9.17, 15) is 19.5 Å². The molecule has 0 saturated carbocycles. The molecule has 12 nitrogen and oxygen atoms in total. The summed E-state index contributed by atoms with van der Waals surface area (Å²) >= 11 is 0. The lowest BCUT2D eigenvalue weighted by atomic mass is 10.0. The smallest absolute Gasteiger partial charge is 0.326 e. The number of aliphatic carboxylic acids is 2. The van der Waals surface area contributed by atoms with Crippen LogP contribution < -0.4 is 22.1 Å². The summed E-state index contributed by atoms with van der Waals surface area (Å²) in [6, 6.07) is 5.15. The summed E-state index contributed by atoms with van der Waals surface area (Å²) in [5.41, 5.74) is 15.6. The molecular weight excluding hydrogens is 442 g/mol. The highest BCUT2D eigenvalue weighted by Gasteiger charge is 2.21. The molecule has 0 aliphatic heterocycles. The van der Waals surface area contributed by atoms with Crippen molar-refractivity contribution in [1.29, 1.82) is 0 Å². The Morgan fingerprint density at radius 3 is 2.32 bits per heavy atom. The van der Waals surface area contributed by atoms with Crippen molar-refractivity contribution in [2.24, 2.45) is 0 Å². The molecule has 178 valence electrons. The highest BCUT2D eigenvalue weighted by Crippen LogP contribution is 2.26. The van der Waals surface area contributed by atoms with Gasteiger partial charge in [-0.25, -0.2) is 9.78 Å². The largest absolute Gasteiger partial charge is 0.481 e. The highest BCUT2D eigenvalue weighted by atomic mass is 16.4. The number of nitrogens with zero attached hydrogens (tertiary/aromatic N) is 3. The molecule has 0 aliphatic rings. The van der Waals surface area contributed by atoms with Crippen molar-refractivity contribution in [3.8, 4) is 0 Å². The van der Waals surface area contributed by atoms with E-state index in [0.717, 1.165) is 22.5 Å². The number of amides is 1. The van der Waals surface area contributed by atoms with Crippen LogP contribution in [0.25, 0.3) is 11.0 Å². The number of carboxylic acids is 2. The van der Waals surface area contributed by atoms with E-state index >= 15 is 0 Å². The Hall–Kier alpha value is -4.48. The summed E-state index contributed by atoms with van der Waals surface area (Å²) in [4.78, 5) is 47.0. The quantitative estimate of drug-likeness (QED) is 0.265. The van der Waals surface area contributed by atoms with E-state index in [0.29, 0.717) is 17.6 Å². The van der Waals surface area contributed by atoms with Crippen molar-refractivity contribution in [2.45, 2.75) is 39.3 Å². The zero-order valence-corrected chi connectivity index (χ0v) is 18.6. The average molecular weight is 467 g/mol. The molecule has 2 heterocycles. The predicted molar refractivity (Wildman–Crippen MR) is 125 cm³/mol.